The highest BCUT2D eigenvalue weighted by molar-refractivity contribution is 7.93. The van der Waals surface area contributed by atoms with Gasteiger partial charge in [-0.1, -0.05) is 19.0 Å². The molecule has 0 unspecified atom stereocenters. The number of sulfonamides is 1. The quantitative estimate of drug-likeness (QED) is 0.232. The van der Waals surface area contributed by atoms with Gasteiger partial charge in [0.2, 0.25) is 10.0 Å². The Morgan fingerprint density at radius 3 is 2.17 bits per heavy atom. The molecule has 0 aliphatic carbocycles. The van der Waals surface area contributed by atoms with E-state index < -0.39 is 36.8 Å². The first-order valence-corrected chi connectivity index (χ1v) is 8.74. The summed E-state index contributed by atoms with van der Waals surface area (Å²) in [5.41, 5.74) is 4.52. The Balaban J connectivity index is 4.54. The van der Waals surface area contributed by atoms with Gasteiger partial charge in [-0.3, -0.25) is 0 Å². The molecule has 0 heterocycles. The molecule has 108 valence electrons. The molecule has 0 radical (unpaired) electrons. The Morgan fingerprint density at radius 1 is 1.28 bits per heavy atom. The summed E-state index contributed by atoms with van der Waals surface area (Å²) in [5, 5.41) is 11.3. The average Bonchev–Trinajstić information content (AvgIpc) is 2.22. The van der Waals surface area contributed by atoms with Crippen LogP contribution >= 0.6 is 0 Å². The van der Waals surface area contributed by atoms with E-state index in [1.165, 1.54) is 0 Å². The largest absolute Gasteiger partial charge is 0.409 e. The van der Waals surface area contributed by atoms with Crippen LogP contribution in [0.5, 0.6) is 0 Å². The molecular formula is C8H19N3O5S2. The lowest BCUT2D eigenvalue weighted by Gasteiger charge is -2.22. The molecule has 0 bridgehead atoms. The third kappa shape index (κ3) is 6.77. The molecule has 4 N–H and O–H groups in total. The molecule has 0 aromatic heterocycles. The van der Waals surface area contributed by atoms with Gasteiger partial charge in [0.05, 0.1) is 11.5 Å². The molecule has 0 saturated heterocycles. The van der Waals surface area contributed by atoms with E-state index in [4.69, 9.17) is 10.9 Å². The zero-order valence-corrected chi connectivity index (χ0v) is 12.2. The molecule has 0 rings (SSSR count). The number of hydrogen-bond acceptors (Lipinski definition) is 6. The van der Waals surface area contributed by atoms with E-state index in [2.05, 4.69) is 9.88 Å². The lowest BCUT2D eigenvalue weighted by Crippen LogP contribution is -2.43. The van der Waals surface area contributed by atoms with Crippen molar-refractivity contribution in [2.45, 2.75) is 13.8 Å². The van der Waals surface area contributed by atoms with E-state index >= 15 is 0 Å². The predicted molar refractivity (Wildman–Crippen MR) is 68.7 cm³/mol. The topological polar surface area (TPSA) is 139 Å². The predicted octanol–water partition coefficient (Wildman–Crippen LogP) is -1.28. The summed E-state index contributed by atoms with van der Waals surface area (Å²) < 4.78 is 47.0. The van der Waals surface area contributed by atoms with Gasteiger partial charge < -0.3 is 10.9 Å². The van der Waals surface area contributed by atoms with Gasteiger partial charge >= 0.3 is 0 Å². The molecule has 8 nitrogen and oxygen atoms in total. The summed E-state index contributed by atoms with van der Waals surface area (Å²) in [6.45, 7) is 3.08. The summed E-state index contributed by atoms with van der Waals surface area (Å²) >= 11 is 0. The number of rotatable bonds is 7. The number of nitrogens with zero attached hydrogens (tertiary/aromatic N) is 1. The van der Waals surface area contributed by atoms with Gasteiger partial charge in [-0.05, 0) is 0 Å². The van der Waals surface area contributed by atoms with Crippen molar-refractivity contribution in [3.05, 3.63) is 0 Å². The van der Waals surface area contributed by atoms with Gasteiger partial charge in [-0.2, -0.15) is 0 Å². The maximum Gasteiger partial charge on any atom is 0.212 e. The lowest BCUT2D eigenvalue weighted by atomic mass is 9.93. The number of nitrogens with two attached hydrogens (primary N) is 1. The molecule has 0 aromatic rings. The van der Waals surface area contributed by atoms with Crippen LogP contribution in [-0.4, -0.2) is 52.2 Å². The summed E-state index contributed by atoms with van der Waals surface area (Å²) in [7, 11) is -7.05. The third-order valence-electron chi connectivity index (χ3n) is 2.26. The van der Waals surface area contributed by atoms with Gasteiger partial charge in [-0.25, -0.2) is 21.6 Å². The minimum absolute atomic E-state index is 0.0883. The summed E-state index contributed by atoms with van der Waals surface area (Å²) in [4.78, 5) is 0. The lowest BCUT2D eigenvalue weighted by molar-refractivity contribution is 0.307. The fourth-order valence-electron chi connectivity index (χ4n) is 0.850. The van der Waals surface area contributed by atoms with E-state index in [0.29, 0.717) is 0 Å². The van der Waals surface area contributed by atoms with Crippen molar-refractivity contribution in [2.75, 3.05) is 24.3 Å². The van der Waals surface area contributed by atoms with Crippen LogP contribution in [0.1, 0.15) is 13.8 Å². The SMILES string of the molecule is CC(C)(CNS(=O)(=O)CCS(C)(=O)=O)C(N)=NO. The molecule has 0 spiro atoms. The van der Waals surface area contributed by atoms with Crippen molar-refractivity contribution in [1.29, 1.82) is 0 Å². The first-order valence-electron chi connectivity index (χ1n) is 5.03. The first-order chi connectivity index (χ1) is 7.90. The fourth-order valence-corrected chi connectivity index (χ4v) is 3.66. The van der Waals surface area contributed by atoms with Gasteiger partial charge in [0.15, 0.2) is 0 Å². The number of oxime groups is 1. The number of hydrogen-bond donors (Lipinski definition) is 3. The van der Waals surface area contributed by atoms with Crippen LogP contribution in [0.15, 0.2) is 5.16 Å². The highest BCUT2D eigenvalue weighted by Gasteiger charge is 2.26. The van der Waals surface area contributed by atoms with Crippen molar-refractivity contribution < 1.29 is 22.0 Å². The van der Waals surface area contributed by atoms with Crippen LogP contribution in [0.4, 0.5) is 0 Å². The normalized spacial score (nSPS) is 14.7. The Labute approximate surface area is 107 Å². The first kappa shape index (κ1) is 17.1. The second kappa shape index (κ2) is 5.85. The molecule has 18 heavy (non-hydrogen) atoms. The number of nitrogens with one attached hydrogen (secondary N) is 1. The maximum atomic E-state index is 11.5. The summed E-state index contributed by atoms with van der Waals surface area (Å²) in [6, 6.07) is 0. The molecule has 0 aliphatic rings. The Kier molecular flexibility index (Phi) is 5.56. The minimum atomic E-state index is -3.71. The van der Waals surface area contributed by atoms with Crippen molar-refractivity contribution in [3.8, 4) is 0 Å². The van der Waals surface area contributed by atoms with E-state index in [1.54, 1.807) is 13.8 Å². The fraction of sp³-hybridized carbons (Fsp3) is 0.875. The number of amidine groups is 1. The van der Waals surface area contributed by atoms with Crippen LogP contribution in [-0.2, 0) is 19.9 Å². The van der Waals surface area contributed by atoms with Crippen LogP contribution in [0.25, 0.3) is 0 Å². The molecule has 0 amide bonds. The third-order valence-corrected chi connectivity index (χ3v) is 4.79. The van der Waals surface area contributed by atoms with Gasteiger partial charge in [-0.15, -0.1) is 0 Å². The van der Waals surface area contributed by atoms with Gasteiger partial charge in [0, 0.05) is 18.2 Å². The van der Waals surface area contributed by atoms with Gasteiger partial charge in [0.25, 0.3) is 0 Å². The van der Waals surface area contributed by atoms with Crippen molar-refractivity contribution in [2.24, 2.45) is 16.3 Å². The smallest absolute Gasteiger partial charge is 0.212 e. The Bertz CT molecular complexity index is 507. The van der Waals surface area contributed by atoms with Crippen LogP contribution < -0.4 is 10.5 Å². The van der Waals surface area contributed by atoms with Gasteiger partial charge in [0.1, 0.15) is 15.7 Å². The Morgan fingerprint density at radius 2 is 1.78 bits per heavy atom. The van der Waals surface area contributed by atoms with Crippen LogP contribution in [0, 0.1) is 5.41 Å². The zero-order chi connectivity index (χ0) is 14.6. The molecule has 0 saturated carbocycles. The maximum absolute atomic E-state index is 11.5. The zero-order valence-electron chi connectivity index (χ0n) is 10.5. The number of sulfone groups is 1. The van der Waals surface area contributed by atoms with E-state index in [-0.39, 0.29) is 12.4 Å². The van der Waals surface area contributed by atoms with E-state index in [0.717, 1.165) is 6.26 Å². The Hall–Kier alpha value is -0.870. The molecule has 0 fully saturated rings. The van der Waals surface area contributed by atoms with Crippen LogP contribution in [0.2, 0.25) is 0 Å². The highest BCUT2D eigenvalue weighted by Crippen LogP contribution is 2.13. The second-order valence-electron chi connectivity index (χ2n) is 4.64. The average molecular weight is 301 g/mol. The minimum Gasteiger partial charge on any atom is -0.409 e. The van der Waals surface area contributed by atoms with E-state index in [9.17, 15) is 16.8 Å². The molecule has 10 heteroatoms. The monoisotopic (exact) mass is 301 g/mol. The summed E-state index contributed by atoms with van der Waals surface area (Å²) in [6.07, 6.45) is 0.961. The van der Waals surface area contributed by atoms with Crippen molar-refractivity contribution in [3.63, 3.8) is 0 Å². The molecular weight excluding hydrogens is 282 g/mol. The van der Waals surface area contributed by atoms with Crippen LogP contribution in [0.3, 0.4) is 0 Å². The standard InChI is InChI=1S/C8H19N3O5S2/c1-8(2,7(9)11-12)6-10-18(15,16)5-4-17(3,13)14/h10,12H,4-6H2,1-3H3,(H2,9,11). The molecule has 0 atom stereocenters. The molecule has 0 aromatic carbocycles. The molecule has 0 aliphatic heterocycles. The summed E-state index contributed by atoms with van der Waals surface area (Å²) in [5.74, 6) is -1.09. The van der Waals surface area contributed by atoms with E-state index in [1.807, 2.05) is 0 Å². The second-order valence-corrected chi connectivity index (χ2v) is 8.83. The highest BCUT2D eigenvalue weighted by atomic mass is 32.2. The van der Waals surface area contributed by atoms with Crippen molar-refractivity contribution >= 4 is 25.7 Å². The van der Waals surface area contributed by atoms with Crippen molar-refractivity contribution in [1.82, 2.24) is 4.72 Å².